The number of piperidine rings is 2. The number of nitrogens with zero attached hydrogens (tertiary/aromatic N) is 3. The van der Waals surface area contributed by atoms with Gasteiger partial charge in [-0.25, -0.2) is 0 Å². The average Bonchev–Trinajstić information content (AvgIpc) is 2.61. The monoisotopic (exact) mass is 352 g/mol. The van der Waals surface area contributed by atoms with Crippen molar-refractivity contribution in [2.75, 3.05) is 52.9 Å². The summed E-state index contributed by atoms with van der Waals surface area (Å²) in [7, 11) is 2.22. The van der Waals surface area contributed by atoms with E-state index in [-0.39, 0.29) is 17.7 Å². The second kappa shape index (κ2) is 10.1. The molecule has 2 heterocycles. The Morgan fingerprint density at radius 1 is 1.16 bits per heavy atom. The topological polar surface area (TPSA) is 69.9 Å². The first-order chi connectivity index (χ1) is 12.0. The highest BCUT2D eigenvalue weighted by Crippen LogP contribution is 2.20. The third-order valence-electron chi connectivity index (χ3n) is 5.71. The van der Waals surface area contributed by atoms with E-state index in [0.29, 0.717) is 13.1 Å². The summed E-state index contributed by atoms with van der Waals surface area (Å²) in [5.74, 6) is 0.472. The molecule has 0 aromatic rings. The molecule has 2 fully saturated rings. The van der Waals surface area contributed by atoms with E-state index in [9.17, 15) is 9.59 Å². The summed E-state index contributed by atoms with van der Waals surface area (Å²) in [5, 5.41) is 0. The number of hydrogen-bond donors (Lipinski definition) is 1. The number of unbranched alkanes of at least 4 members (excludes halogenated alkanes) is 1. The second-order valence-electron chi connectivity index (χ2n) is 7.92. The van der Waals surface area contributed by atoms with Crippen molar-refractivity contribution in [1.29, 1.82) is 0 Å². The molecule has 144 valence electrons. The van der Waals surface area contributed by atoms with Gasteiger partial charge in [0.2, 0.25) is 11.8 Å². The molecule has 0 aromatic heterocycles. The van der Waals surface area contributed by atoms with Crippen LogP contribution in [0, 0.1) is 11.8 Å². The quantitative estimate of drug-likeness (QED) is 0.711. The molecule has 2 saturated heterocycles. The van der Waals surface area contributed by atoms with Gasteiger partial charge in [0.25, 0.3) is 0 Å². The van der Waals surface area contributed by atoms with Gasteiger partial charge in [-0.15, -0.1) is 0 Å². The summed E-state index contributed by atoms with van der Waals surface area (Å²) in [5.41, 5.74) is 5.41. The van der Waals surface area contributed by atoms with Crippen LogP contribution in [0.3, 0.4) is 0 Å². The van der Waals surface area contributed by atoms with E-state index in [1.54, 1.807) is 0 Å². The third kappa shape index (κ3) is 6.59. The maximum atomic E-state index is 12.5. The van der Waals surface area contributed by atoms with Gasteiger partial charge in [0.05, 0.1) is 12.5 Å². The molecule has 2 aliphatic heterocycles. The van der Waals surface area contributed by atoms with Crippen LogP contribution in [0.15, 0.2) is 0 Å². The van der Waals surface area contributed by atoms with E-state index in [0.717, 1.165) is 38.4 Å². The molecule has 6 heteroatoms. The molecule has 6 nitrogen and oxygen atoms in total. The molecule has 0 radical (unpaired) electrons. The minimum Gasteiger partial charge on any atom is -0.369 e. The van der Waals surface area contributed by atoms with Gasteiger partial charge in [-0.2, -0.15) is 0 Å². The van der Waals surface area contributed by atoms with Crippen molar-refractivity contribution >= 4 is 11.8 Å². The van der Waals surface area contributed by atoms with E-state index in [1.165, 1.54) is 38.8 Å². The van der Waals surface area contributed by atoms with Crippen LogP contribution < -0.4 is 5.73 Å². The summed E-state index contributed by atoms with van der Waals surface area (Å²) in [4.78, 5) is 30.5. The first-order valence-corrected chi connectivity index (χ1v) is 9.97. The molecule has 1 unspecified atom stereocenters. The number of primary amides is 1. The maximum Gasteiger partial charge on any atom is 0.236 e. The molecular formula is C19H36N4O2. The molecule has 0 bridgehead atoms. The van der Waals surface area contributed by atoms with Gasteiger partial charge >= 0.3 is 0 Å². The lowest BCUT2D eigenvalue weighted by Gasteiger charge is -2.36. The summed E-state index contributed by atoms with van der Waals surface area (Å²) in [6.07, 6.45) is 6.56. The summed E-state index contributed by atoms with van der Waals surface area (Å²) < 4.78 is 0. The Kier molecular flexibility index (Phi) is 8.16. The smallest absolute Gasteiger partial charge is 0.236 e. The molecule has 0 saturated carbocycles. The number of carbonyl (C=O) groups excluding carboxylic acids is 2. The fourth-order valence-corrected chi connectivity index (χ4v) is 4.01. The molecule has 25 heavy (non-hydrogen) atoms. The van der Waals surface area contributed by atoms with E-state index in [4.69, 9.17) is 5.73 Å². The standard InChI is InChI=1S/C19H36N4O2/c1-3-4-9-21(2)13-16-7-11-22(12-8-16)15-18(24)23-10-5-6-17(14-23)19(20)25/h16-17H,3-15H2,1-2H3,(H2,20,25). The van der Waals surface area contributed by atoms with Crippen molar-refractivity contribution in [2.45, 2.75) is 45.4 Å². The Morgan fingerprint density at radius 3 is 2.52 bits per heavy atom. The van der Waals surface area contributed by atoms with E-state index in [2.05, 4.69) is 23.8 Å². The van der Waals surface area contributed by atoms with Crippen molar-refractivity contribution in [2.24, 2.45) is 17.6 Å². The number of hydrogen-bond acceptors (Lipinski definition) is 4. The van der Waals surface area contributed by atoms with Gasteiger partial charge in [0, 0.05) is 19.6 Å². The minimum atomic E-state index is -0.273. The Hall–Kier alpha value is -1.14. The van der Waals surface area contributed by atoms with Gasteiger partial charge in [0.1, 0.15) is 0 Å². The minimum absolute atomic E-state index is 0.157. The molecule has 2 N–H and O–H groups in total. The van der Waals surface area contributed by atoms with E-state index < -0.39 is 0 Å². The van der Waals surface area contributed by atoms with E-state index in [1.807, 2.05) is 4.90 Å². The van der Waals surface area contributed by atoms with Crippen LogP contribution in [0.5, 0.6) is 0 Å². The van der Waals surface area contributed by atoms with E-state index >= 15 is 0 Å². The maximum absolute atomic E-state index is 12.5. The normalized spacial score (nSPS) is 23.2. The summed E-state index contributed by atoms with van der Waals surface area (Å²) in [6.45, 7) is 8.37. The number of carbonyl (C=O) groups is 2. The van der Waals surface area contributed by atoms with Crippen LogP contribution in [0.25, 0.3) is 0 Å². The van der Waals surface area contributed by atoms with Gasteiger partial charge in [-0.3, -0.25) is 14.5 Å². The van der Waals surface area contributed by atoms with Gasteiger partial charge in [0.15, 0.2) is 0 Å². The predicted molar refractivity (Wildman–Crippen MR) is 100 cm³/mol. The molecule has 2 rings (SSSR count). The third-order valence-corrected chi connectivity index (χ3v) is 5.71. The highest BCUT2D eigenvalue weighted by Gasteiger charge is 2.29. The van der Waals surface area contributed by atoms with Crippen LogP contribution in [-0.2, 0) is 9.59 Å². The largest absolute Gasteiger partial charge is 0.369 e. The summed E-state index contributed by atoms with van der Waals surface area (Å²) in [6, 6.07) is 0. The molecule has 0 spiro atoms. The van der Waals surface area contributed by atoms with Crippen LogP contribution >= 0.6 is 0 Å². The zero-order valence-corrected chi connectivity index (χ0v) is 16.1. The zero-order valence-electron chi connectivity index (χ0n) is 16.1. The molecule has 0 aromatic carbocycles. The molecule has 0 aliphatic carbocycles. The summed E-state index contributed by atoms with van der Waals surface area (Å²) >= 11 is 0. The fraction of sp³-hybridized carbons (Fsp3) is 0.895. The highest BCUT2D eigenvalue weighted by molar-refractivity contribution is 5.81. The van der Waals surface area contributed by atoms with Crippen molar-refractivity contribution < 1.29 is 9.59 Å². The zero-order chi connectivity index (χ0) is 18.2. The van der Waals surface area contributed by atoms with Crippen molar-refractivity contribution in [3.05, 3.63) is 0 Å². The van der Waals surface area contributed by atoms with Gasteiger partial charge < -0.3 is 15.5 Å². The lowest BCUT2D eigenvalue weighted by atomic mass is 9.95. The number of amides is 2. The van der Waals surface area contributed by atoms with Crippen molar-refractivity contribution in [1.82, 2.24) is 14.7 Å². The van der Waals surface area contributed by atoms with Crippen LogP contribution in [0.4, 0.5) is 0 Å². The molecular weight excluding hydrogens is 316 g/mol. The average molecular weight is 353 g/mol. The Labute approximate surface area is 152 Å². The predicted octanol–water partition coefficient (Wildman–Crippen LogP) is 1.15. The molecule has 1 atom stereocenters. The molecule has 2 aliphatic rings. The Morgan fingerprint density at radius 2 is 1.88 bits per heavy atom. The molecule has 2 amide bonds. The number of rotatable bonds is 8. The SMILES string of the molecule is CCCCN(C)CC1CCN(CC(=O)N2CCCC(C(N)=O)C2)CC1. The highest BCUT2D eigenvalue weighted by atomic mass is 16.2. The Balaban J connectivity index is 1.69. The fourth-order valence-electron chi connectivity index (χ4n) is 4.01. The lowest BCUT2D eigenvalue weighted by Crippen LogP contribution is -2.49. The first-order valence-electron chi connectivity index (χ1n) is 9.97. The van der Waals surface area contributed by atoms with Crippen molar-refractivity contribution in [3.8, 4) is 0 Å². The van der Waals surface area contributed by atoms with Gasteiger partial charge in [-0.1, -0.05) is 13.3 Å². The van der Waals surface area contributed by atoms with Crippen molar-refractivity contribution in [3.63, 3.8) is 0 Å². The van der Waals surface area contributed by atoms with Crippen LogP contribution in [0.1, 0.15) is 45.4 Å². The second-order valence-corrected chi connectivity index (χ2v) is 7.92. The van der Waals surface area contributed by atoms with Gasteiger partial charge in [-0.05, 0) is 64.7 Å². The number of likely N-dealkylation sites (tertiary alicyclic amines) is 2. The first kappa shape index (κ1) is 20.2. The lowest BCUT2D eigenvalue weighted by molar-refractivity contribution is -0.136. The Bertz CT molecular complexity index is 435. The van der Waals surface area contributed by atoms with Crippen LogP contribution in [0.2, 0.25) is 0 Å². The van der Waals surface area contributed by atoms with Crippen LogP contribution in [-0.4, -0.2) is 79.4 Å². The number of nitrogens with two attached hydrogens (primary N) is 1.